The summed E-state index contributed by atoms with van der Waals surface area (Å²) in [7, 11) is 0. The molecule has 1 fully saturated rings. The van der Waals surface area contributed by atoms with Gasteiger partial charge in [-0.3, -0.25) is 9.59 Å². The summed E-state index contributed by atoms with van der Waals surface area (Å²) in [4.78, 5) is 21.5. The number of carbonyl (C=O) groups is 2. The zero-order valence-electron chi connectivity index (χ0n) is 7.01. The Morgan fingerprint density at radius 3 is 2.15 bits per heavy atom. The van der Waals surface area contributed by atoms with Crippen LogP contribution in [0.1, 0.15) is 19.3 Å². The highest BCUT2D eigenvalue weighted by Crippen LogP contribution is 2.33. The Morgan fingerprint density at radius 1 is 1.15 bits per heavy atom. The molecule has 74 valence electrons. The van der Waals surface area contributed by atoms with Gasteiger partial charge in [0.15, 0.2) is 0 Å². The molecule has 1 aliphatic carbocycles. The molecule has 5 heteroatoms. The molecule has 0 heterocycles. The van der Waals surface area contributed by atoms with E-state index < -0.39 is 23.8 Å². The normalized spacial score (nSPS) is 34.1. The van der Waals surface area contributed by atoms with E-state index in [-0.39, 0.29) is 5.25 Å². The third kappa shape index (κ3) is 2.15. The molecule has 1 saturated carbocycles. The van der Waals surface area contributed by atoms with Crippen LogP contribution in [-0.4, -0.2) is 27.4 Å². The number of carboxylic acid groups (broad SMARTS) is 2. The molecule has 0 radical (unpaired) electrons. The fraction of sp³-hybridized carbons (Fsp3) is 0.750. The molecule has 0 aromatic carbocycles. The largest absolute Gasteiger partial charge is 0.481 e. The van der Waals surface area contributed by atoms with Crippen LogP contribution in [0.5, 0.6) is 0 Å². The predicted molar refractivity (Wildman–Crippen MR) is 48.9 cm³/mol. The van der Waals surface area contributed by atoms with E-state index >= 15 is 0 Å². The average Bonchev–Trinajstić information content (AvgIpc) is 2.02. The Labute approximate surface area is 81.4 Å². The molecule has 0 spiro atoms. The number of hydrogen-bond acceptors (Lipinski definition) is 3. The number of rotatable bonds is 2. The van der Waals surface area contributed by atoms with Gasteiger partial charge in [0.25, 0.3) is 0 Å². The molecule has 2 N–H and O–H groups in total. The van der Waals surface area contributed by atoms with Crippen molar-refractivity contribution in [2.24, 2.45) is 11.8 Å². The molecule has 0 saturated heterocycles. The summed E-state index contributed by atoms with van der Waals surface area (Å²) in [5, 5.41) is 17.3. The van der Waals surface area contributed by atoms with Crippen LogP contribution in [0, 0.1) is 11.8 Å². The second-order valence-corrected chi connectivity index (χ2v) is 3.97. The lowest BCUT2D eigenvalue weighted by atomic mass is 9.79. The van der Waals surface area contributed by atoms with E-state index in [1.807, 2.05) is 0 Å². The lowest BCUT2D eigenvalue weighted by Gasteiger charge is -2.30. The van der Waals surface area contributed by atoms with Crippen molar-refractivity contribution >= 4 is 24.6 Å². The van der Waals surface area contributed by atoms with Gasteiger partial charge in [0.1, 0.15) is 0 Å². The smallest absolute Gasteiger partial charge is 0.308 e. The van der Waals surface area contributed by atoms with E-state index in [0.717, 1.165) is 6.42 Å². The second kappa shape index (κ2) is 4.00. The van der Waals surface area contributed by atoms with E-state index in [1.165, 1.54) is 0 Å². The van der Waals surface area contributed by atoms with Gasteiger partial charge in [-0.1, -0.05) is 6.42 Å². The van der Waals surface area contributed by atoms with Crippen molar-refractivity contribution in [2.75, 3.05) is 0 Å². The van der Waals surface area contributed by atoms with Gasteiger partial charge in [-0.15, -0.1) is 0 Å². The van der Waals surface area contributed by atoms with Crippen LogP contribution in [0.3, 0.4) is 0 Å². The molecular weight excluding hydrogens is 192 g/mol. The van der Waals surface area contributed by atoms with Gasteiger partial charge in [0, 0.05) is 5.25 Å². The Morgan fingerprint density at radius 2 is 1.77 bits per heavy atom. The van der Waals surface area contributed by atoms with Crippen molar-refractivity contribution < 1.29 is 19.8 Å². The van der Waals surface area contributed by atoms with Crippen LogP contribution in [0.2, 0.25) is 0 Å². The predicted octanol–water partition coefficient (Wildman–Crippen LogP) is 0.870. The zero-order valence-corrected chi connectivity index (χ0v) is 7.91. The first kappa shape index (κ1) is 10.4. The minimum absolute atomic E-state index is 0.327. The lowest BCUT2D eigenvalue weighted by molar-refractivity contribution is -0.155. The van der Waals surface area contributed by atoms with Crippen LogP contribution in [0.4, 0.5) is 0 Å². The summed E-state index contributed by atoms with van der Waals surface area (Å²) in [6.07, 6.45) is 1.88. The SMILES string of the molecule is O=C(O)C1CCCC(S)C1C(=O)O. The van der Waals surface area contributed by atoms with E-state index in [4.69, 9.17) is 10.2 Å². The van der Waals surface area contributed by atoms with Gasteiger partial charge in [-0.2, -0.15) is 12.6 Å². The molecule has 0 aromatic heterocycles. The molecule has 0 aromatic rings. The Balaban J connectivity index is 2.80. The maximum atomic E-state index is 10.8. The van der Waals surface area contributed by atoms with Crippen molar-refractivity contribution in [3.05, 3.63) is 0 Å². The van der Waals surface area contributed by atoms with Crippen LogP contribution in [-0.2, 0) is 9.59 Å². The second-order valence-electron chi connectivity index (χ2n) is 3.31. The summed E-state index contributed by atoms with van der Waals surface area (Å²) < 4.78 is 0. The van der Waals surface area contributed by atoms with Gasteiger partial charge in [0.2, 0.25) is 0 Å². The molecule has 4 nitrogen and oxygen atoms in total. The standard InChI is InChI=1S/C8H12O4S/c9-7(10)4-2-1-3-5(13)6(4)8(11)12/h4-6,13H,1-3H2,(H,9,10)(H,11,12). The van der Waals surface area contributed by atoms with E-state index in [1.54, 1.807) is 0 Å². The molecule has 0 amide bonds. The Hall–Kier alpha value is -0.710. The van der Waals surface area contributed by atoms with Gasteiger partial charge >= 0.3 is 11.9 Å². The summed E-state index contributed by atoms with van der Waals surface area (Å²) in [6, 6.07) is 0. The number of aliphatic carboxylic acids is 2. The first-order valence-corrected chi connectivity index (χ1v) is 4.69. The highest BCUT2D eigenvalue weighted by atomic mass is 32.1. The van der Waals surface area contributed by atoms with Crippen molar-refractivity contribution in [1.82, 2.24) is 0 Å². The van der Waals surface area contributed by atoms with E-state index in [0.29, 0.717) is 12.8 Å². The molecule has 0 aliphatic heterocycles. The van der Waals surface area contributed by atoms with Crippen LogP contribution in [0.15, 0.2) is 0 Å². The van der Waals surface area contributed by atoms with E-state index in [9.17, 15) is 9.59 Å². The van der Waals surface area contributed by atoms with Gasteiger partial charge < -0.3 is 10.2 Å². The van der Waals surface area contributed by atoms with Crippen LogP contribution >= 0.6 is 12.6 Å². The number of hydrogen-bond donors (Lipinski definition) is 3. The highest BCUT2D eigenvalue weighted by Gasteiger charge is 2.40. The average molecular weight is 204 g/mol. The molecule has 0 bridgehead atoms. The maximum Gasteiger partial charge on any atom is 0.308 e. The number of thiol groups is 1. The molecule has 13 heavy (non-hydrogen) atoms. The quantitative estimate of drug-likeness (QED) is 0.583. The van der Waals surface area contributed by atoms with Crippen molar-refractivity contribution in [3.8, 4) is 0 Å². The molecule has 1 rings (SSSR count). The van der Waals surface area contributed by atoms with Crippen LogP contribution < -0.4 is 0 Å². The van der Waals surface area contributed by atoms with Crippen molar-refractivity contribution in [1.29, 1.82) is 0 Å². The van der Waals surface area contributed by atoms with Gasteiger partial charge in [-0.25, -0.2) is 0 Å². The molecule has 3 atom stereocenters. The fourth-order valence-corrected chi connectivity index (χ4v) is 2.31. The summed E-state index contributed by atoms with van der Waals surface area (Å²) >= 11 is 4.11. The minimum Gasteiger partial charge on any atom is -0.481 e. The minimum atomic E-state index is -1.05. The molecule has 1 aliphatic rings. The first-order chi connectivity index (χ1) is 6.04. The number of carboxylic acids is 2. The van der Waals surface area contributed by atoms with Gasteiger partial charge in [-0.05, 0) is 12.8 Å². The first-order valence-electron chi connectivity index (χ1n) is 4.17. The third-order valence-electron chi connectivity index (χ3n) is 2.47. The monoisotopic (exact) mass is 204 g/mol. The fourth-order valence-electron chi connectivity index (χ4n) is 1.79. The highest BCUT2D eigenvalue weighted by molar-refractivity contribution is 7.81. The Kier molecular flexibility index (Phi) is 3.19. The van der Waals surface area contributed by atoms with Gasteiger partial charge in [0.05, 0.1) is 11.8 Å². The topological polar surface area (TPSA) is 74.6 Å². The molecule has 3 unspecified atom stereocenters. The van der Waals surface area contributed by atoms with Crippen LogP contribution in [0.25, 0.3) is 0 Å². The van der Waals surface area contributed by atoms with E-state index in [2.05, 4.69) is 12.6 Å². The summed E-state index contributed by atoms with van der Waals surface area (Å²) in [5.74, 6) is -3.68. The lowest BCUT2D eigenvalue weighted by Crippen LogP contribution is -2.39. The zero-order chi connectivity index (χ0) is 10.0. The molecular formula is C8H12O4S. The van der Waals surface area contributed by atoms with Crippen molar-refractivity contribution in [2.45, 2.75) is 24.5 Å². The summed E-state index contributed by atoms with van der Waals surface area (Å²) in [6.45, 7) is 0. The summed E-state index contributed by atoms with van der Waals surface area (Å²) in [5.41, 5.74) is 0. The maximum absolute atomic E-state index is 10.8. The Bertz CT molecular complexity index is 228. The third-order valence-corrected chi connectivity index (χ3v) is 3.04. The van der Waals surface area contributed by atoms with Crippen molar-refractivity contribution in [3.63, 3.8) is 0 Å².